The predicted molar refractivity (Wildman–Crippen MR) is 110 cm³/mol. The molecule has 0 bridgehead atoms. The molecule has 0 saturated carbocycles. The summed E-state index contributed by atoms with van der Waals surface area (Å²) >= 11 is 0. The van der Waals surface area contributed by atoms with Gasteiger partial charge in [0.15, 0.2) is 0 Å². The maximum atomic E-state index is 7.71. The lowest BCUT2D eigenvalue weighted by atomic mass is 9.92. The van der Waals surface area contributed by atoms with Crippen molar-refractivity contribution in [2.45, 2.75) is 53.3 Å². The SMILES string of the molecule is [2H]C([2H])([2H])c1ccc(-c2n(-c3c(C(C)C)cccc3C(C)C)cc[n+]2C)c(C)c1. The van der Waals surface area contributed by atoms with Crippen LogP contribution in [-0.4, -0.2) is 4.57 Å². The third-order valence-corrected chi connectivity index (χ3v) is 5.05. The van der Waals surface area contributed by atoms with Gasteiger partial charge in [-0.2, -0.15) is 4.57 Å². The van der Waals surface area contributed by atoms with E-state index in [1.807, 2.05) is 20.0 Å². The molecule has 3 aromatic rings. The molecule has 136 valence electrons. The van der Waals surface area contributed by atoms with E-state index in [-0.39, 0.29) is 0 Å². The molecule has 26 heavy (non-hydrogen) atoms. The van der Waals surface area contributed by atoms with E-state index in [9.17, 15) is 0 Å². The Bertz CT molecular complexity index is 1000. The standard InChI is InChI=1S/C24H31N2/c1-16(2)20-9-8-10-21(17(3)4)23(20)26-14-13-25(7)24(26)22-12-11-18(5)15-19(22)6/h8-17H,1-7H3/q+1/i5D3. The van der Waals surface area contributed by atoms with E-state index in [4.69, 9.17) is 4.11 Å². The highest BCUT2D eigenvalue weighted by Crippen LogP contribution is 2.34. The van der Waals surface area contributed by atoms with E-state index in [2.05, 4.69) is 67.4 Å². The van der Waals surface area contributed by atoms with Gasteiger partial charge in [0, 0.05) is 15.2 Å². The van der Waals surface area contributed by atoms with Crippen molar-refractivity contribution in [3.05, 3.63) is 71.0 Å². The first-order valence-electron chi connectivity index (χ1n) is 10.8. The van der Waals surface area contributed by atoms with Crippen LogP contribution < -0.4 is 4.57 Å². The van der Waals surface area contributed by atoms with Gasteiger partial charge in [0.2, 0.25) is 0 Å². The Hall–Kier alpha value is -2.35. The molecule has 2 heteroatoms. The summed E-state index contributed by atoms with van der Waals surface area (Å²) in [4.78, 5) is 0. The summed E-state index contributed by atoms with van der Waals surface area (Å²) < 4.78 is 27.5. The average Bonchev–Trinajstić information content (AvgIpc) is 3.01. The van der Waals surface area contributed by atoms with Crippen molar-refractivity contribution in [1.29, 1.82) is 0 Å². The average molecular weight is 351 g/mol. The molecule has 3 rings (SSSR count). The smallest absolute Gasteiger partial charge is 0.232 e. The molecule has 0 aliphatic carbocycles. The summed E-state index contributed by atoms with van der Waals surface area (Å²) in [5, 5.41) is 0. The number of rotatable bonds is 4. The van der Waals surface area contributed by atoms with Crippen molar-refractivity contribution in [2.24, 2.45) is 7.05 Å². The number of nitrogens with zero attached hydrogens (tertiary/aromatic N) is 2. The quantitative estimate of drug-likeness (QED) is 0.523. The molecule has 0 unspecified atom stereocenters. The van der Waals surface area contributed by atoms with E-state index in [1.165, 1.54) is 16.8 Å². The Labute approximate surface area is 162 Å². The first-order valence-corrected chi connectivity index (χ1v) is 9.34. The first-order chi connectivity index (χ1) is 13.5. The summed E-state index contributed by atoms with van der Waals surface area (Å²) in [7, 11) is 2.04. The zero-order chi connectivity index (χ0) is 21.5. The minimum Gasteiger partial charge on any atom is -0.232 e. The lowest BCUT2D eigenvalue weighted by Crippen LogP contribution is -2.29. The van der Waals surface area contributed by atoms with Gasteiger partial charge in [0.05, 0.1) is 12.6 Å². The van der Waals surface area contributed by atoms with Crippen LogP contribution in [0.2, 0.25) is 0 Å². The summed E-state index contributed by atoms with van der Waals surface area (Å²) in [6.07, 6.45) is 4.17. The van der Waals surface area contributed by atoms with Crippen molar-refractivity contribution < 1.29 is 8.68 Å². The van der Waals surface area contributed by atoms with Gasteiger partial charge >= 0.3 is 0 Å². The Morgan fingerprint density at radius 3 is 2.19 bits per heavy atom. The van der Waals surface area contributed by atoms with Crippen LogP contribution in [0.5, 0.6) is 0 Å². The number of benzene rings is 2. The third-order valence-electron chi connectivity index (χ3n) is 5.05. The Morgan fingerprint density at radius 2 is 1.65 bits per heavy atom. The lowest BCUT2D eigenvalue weighted by molar-refractivity contribution is -0.659. The second-order valence-corrected chi connectivity index (χ2v) is 7.73. The molecule has 0 N–H and O–H groups in total. The van der Waals surface area contributed by atoms with Crippen LogP contribution >= 0.6 is 0 Å². The summed E-state index contributed by atoms with van der Waals surface area (Å²) in [5.74, 6) is 1.83. The number of aryl methyl sites for hydroxylation is 3. The zero-order valence-corrected chi connectivity index (χ0v) is 16.7. The minimum atomic E-state index is -2.09. The summed E-state index contributed by atoms with van der Waals surface area (Å²) in [5.41, 5.74) is 6.23. The molecule has 0 saturated heterocycles. The van der Waals surface area contributed by atoms with E-state index in [1.54, 1.807) is 12.1 Å². The molecule has 2 aromatic carbocycles. The molecule has 0 aliphatic heterocycles. The second kappa shape index (κ2) is 7.11. The number of aromatic nitrogens is 2. The maximum absolute atomic E-state index is 7.71. The summed E-state index contributed by atoms with van der Waals surface area (Å²) in [6.45, 7) is 8.79. The van der Waals surface area contributed by atoms with Crippen molar-refractivity contribution in [2.75, 3.05) is 0 Å². The van der Waals surface area contributed by atoms with E-state index < -0.39 is 6.85 Å². The molecule has 0 spiro atoms. The number of para-hydroxylation sites is 1. The van der Waals surface area contributed by atoms with Gasteiger partial charge in [-0.05, 0) is 37.2 Å². The van der Waals surface area contributed by atoms with Crippen LogP contribution in [0.3, 0.4) is 0 Å². The lowest BCUT2D eigenvalue weighted by Gasteiger charge is -2.18. The number of hydrogen-bond acceptors (Lipinski definition) is 0. The highest BCUT2D eigenvalue weighted by Gasteiger charge is 2.26. The van der Waals surface area contributed by atoms with Crippen molar-refractivity contribution >= 4 is 0 Å². The van der Waals surface area contributed by atoms with E-state index in [0.29, 0.717) is 17.4 Å². The number of imidazole rings is 1. The van der Waals surface area contributed by atoms with Crippen LogP contribution in [0.4, 0.5) is 0 Å². The van der Waals surface area contributed by atoms with E-state index in [0.717, 1.165) is 17.0 Å². The van der Waals surface area contributed by atoms with Crippen molar-refractivity contribution in [3.63, 3.8) is 0 Å². The van der Waals surface area contributed by atoms with Crippen LogP contribution in [0.25, 0.3) is 17.1 Å². The third kappa shape index (κ3) is 3.21. The molecule has 0 fully saturated rings. The zero-order valence-electron chi connectivity index (χ0n) is 19.7. The van der Waals surface area contributed by atoms with Crippen LogP contribution in [-0.2, 0) is 7.05 Å². The molecule has 0 atom stereocenters. The summed E-state index contributed by atoms with van der Waals surface area (Å²) in [6, 6.07) is 12.0. The first kappa shape index (κ1) is 14.8. The van der Waals surface area contributed by atoms with Gasteiger partial charge in [-0.1, -0.05) is 63.6 Å². The molecular weight excluding hydrogens is 316 g/mol. The highest BCUT2D eigenvalue weighted by atomic mass is 15.1. The fraction of sp³-hybridized carbons (Fsp3) is 0.375. The van der Waals surface area contributed by atoms with E-state index >= 15 is 0 Å². The van der Waals surface area contributed by atoms with Gasteiger partial charge in [0.1, 0.15) is 18.1 Å². The van der Waals surface area contributed by atoms with Gasteiger partial charge in [-0.15, -0.1) is 0 Å². The molecular formula is C24H31N2+. The fourth-order valence-corrected chi connectivity index (χ4v) is 3.68. The monoisotopic (exact) mass is 350 g/mol. The van der Waals surface area contributed by atoms with Crippen LogP contribution in [0.1, 0.15) is 65.9 Å². The normalized spacial score (nSPS) is 13.8. The largest absolute Gasteiger partial charge is 0.294 e. The Morgan fingerprint density at radius 1 is 1.00 bits per heavy atom. The highest BCUT2D eigenvalue weighted by molar-refractivity contribution is 5.63. The predicted octanol–water partition coefficient (Wildman–Crippen LogP) is 5.83. The van der Waals surface area contributed by atoms with Crippen molar-refractivity contribution in [1.82, 2.24) is 4.57 Å². The molecule has 2 nitrogen and oxygen atoms in total. The Balaban J connectivity index is 2.29. The van der Waals surface area contributed by atoms with Gasteiger partial charge in [0.25, 0.3) is 5.82 Å². The van der Waals surface area contributed by atoms with Crippen LogP contribution in [0, 0.1) is 13.8 Å². The Kier molecular flexibility index (Phi) is 4.04. The molecule has 0 aliphatic rings. The van der Waals surface area contributed by atoms with Gasteiger partial charge in [-0.3, -0.25) is 0 Å². The maximum Gasteiger partial charge on any atom is 0.294 e. The van der Waals surface area contributed by atoms with Crippen LogP contribution in [0.15, 0.2) is 48.8 Å². The topological polar surface area (TPSA) is 8.81 Å². The molecule has 1 aromatic heterocycles. The van der Waals surface area contributed by atoms with Gasteiger partial charge in [-0.25, -0.2) is 4.57 Å². The fourth-order valence-electron chi connectivity index (χ4n) is 3.68. The van der Waals surface area contributed by atoms with Crippen molar-refractivity contribution in [3.8, 4) is 17.1 Å². The molecule has 0 radical (unpaired) electrons. The van der Waals surface area contributed by atoms with Gasteiger partial charge < -0.3 is 0 Å². The minimum absolute atomic E-state index is 0.380. The number of hydrogen-bond donors (Lipinski definition) is 0. The second-order valence-electron chi connectivity index (χ2n) is 7.73. The molecule has 0 amide bonds. The molecule has 1 heterocycles.